The van der Waals surface area contributed by atoms with Gasteiger partial charge in [0.05, 0.1) is 12.6 Å². The predicted octanol–water partition coefficient (Wildman–Crippen LogP) is 3.74. The van der Waals surface area contributed by atoms with Gasteiger partial charge in [0.25, 0.3) is 5.91 Å². The van der Waals surface area contributed by atoms with Crippen molar-refractivity contribution in [1.29, 1.82) is 0 Å². The molecule has 1 heterocycles. The second-order valence-corrected chi connectivity index (χ2v) is 6.81. The molecule has 0 saturated heterocycles. The number of methoxy groups -OCH3 is 1. The molecule has 24 heavy (non-hydrogen) atoms. The average Bonchev–Trinajstić information content (AvgIpc) is 3.25. The second kappa shape index (κ2) is 6.67. The monoisotopic (exact) mass is 327 g/mol. The first-order valence-corrected chi connectivity index (χ1v) is 8.57. The Balaban J connectivity index is 1.89. The zero-order chi connectivity index (χ0) is 17.2. The van der Waals surface area contributed by atoms with Crippen molar-refractivity contribution in [2.24, 2.45) is 0 Å². The summed E-state index contributed by atoms with van der Waals surface area (Å²) in [5.74, 6) is 1.00. The molecule has 128 valence electrons. The van der Waals surface area contributed by atoms with Crippen molar-refractivity contribution in [3.63, 3.8) is 0 Å². The van der Waals surface area contributed by atoms with E-state index in [1.54, 1.807) is 7.11 Å². The topological polar surface area (TPSA) is 67.0 Å². The zero-order valence-corrected chi connectivity index (χ0v) is 14.6. The van der Waals surface area contributed by atoms with Gasteiger partial charge < -0.3 is 10.1 Å². The number of ether oxygens (including phenoxy) is 1. The molecule has 3 rings (SSSR count). The van der Waals surface area contributed by atoms with E-state index in [0.717, 1.165) is 42.7 Å². The molecule has 2 aromatic rings. The summed E-state index contributed by atoms with van der Waals surface area (Å²) in [4.78, 5) is 12.8. The van der Waals surface area contributed by atoms with Gasteiger partial charge in [-0.25, -0.2) is 0 Å². The van der Waals surface area contributed by atoms with Crippen LogP contribution in [0.2, 0.25) is 0 Å². The van der Waals surface area contributed by atoms with Crippen LogP contribution in [0.25, 0.3) is 0 Å². The van der Waals surface area contributed by atoms with Gasteiger partial charge in [-0.15, -0.1) is 0 Å². The molecule has 1 amide bonds. The molecule has 1 saturated carbocycles. The third-order valence-corrected chi connectivity index (χ3v) is 4.88. The Hall–Kier alpha value is -2.30. The van der Waals surface area contributed by atoms with Crippen LogP contribution in [0.4, 0.5) is 0 Å². The van der Waals surface area contributed by atoms with Crippen molar-refractivity contribution in [1.82, 2.24) is 15.5 Å². The van der Waals surface area contributed by atoms with Crippen LogP contribution in [0.5, 0.6) is 5.75 Å². The van der Waals surface area contributed by atoms with Crippen LogP contribution in [0.1, 0.15) is 67.2 Å². The third-order valence-electron chi connectivity index (χ3n) is 4.88. The number of hydrogen-bond acceptors (Lipinski definition) is 3. The van der Waals surface area contributed by atoms with E-state index in [4.69, 9.17) is 4.74 Å². The van der Waals surface area contributed by atoms with E-state index in [9.17, 15) is 4.79 Å². The molecule has 1 aromatic carbocycles. The van der Waals surface area contributed by atoms with Crippen LogP contribution in [-0.4, -0.2) is 23.2 Å². The number of para-hydroxylation sites is 1. The molecule has 0 aliphatic heterocycles. The number of benzene rings is 1. The van der Waals surface area contributed by atoms with E-state index in [1.807, 2.05) is 24.3 Å². The fourth-order valence-electron chi connectivity index (χ4n) is 3.51. The Kier molecular flexibility index (Phi) is 4.60. The number of rotatable bonds is 5. The van der Waals surface area contributed by atoms with E-state index in [-0.39, 0.29) is 11.4 Å². The number of aromatic amines is 1. The summed E-state index contributed by atoms with van der Waals surface area (Å²) in [5.41, 5.74) is 2.09. The van der Waals surface area contributed by atoms with E-state index in [1.165, 1.54) is 0 Å². The van der Waals surface area contributed by atoms with Crippen molar-refractivity contribution >= 4 is 5.91 Å². The van der Waals surface area contributed by atoms with E-state index >= 15 is 0 Å². The first kappa shape index (κ1) is 16.6. The van der Waals surface area contributed by atoms with Gasteiger partial charge in [-0.05, 0) is 30.9 Å². The molecule has 1 aromatic heterocycles. The highest BCUT2D eigenvalue weighted by molar-refractivity contribution is 5.93. The van der Waals surface area contributed by atoms with Gasteiger partial charge in [-0.2, -0.15) is 5.10 Å². The highest BCUT2D eigenvalue weighted by atomic mass is 16.5. The lowest BCUT2D eigenvalue weighted by Crippen LogP contribution is -2.44. The van der Waals surface area contributed by atoms with E-state index in [0.29, 0.717) is 11.6 Å². The van der Waals surface area contributed by atoms with Gasteiger partial charge >= 0.3 is 0 Å². The largest absolute Gasteiger partial charge is 0.496 e. The standard InChI is InChI=1S/C19H25N3O2/c1-13(2)15-12-16(22-21-15)18(23)20-19(10-6-7-11-19)14-8-4-5-9-17(14)24-3/h4-5,8-9,12-13H,6-7,10-11H2,1-3H3,(H,20,23)(H,21,22). The van der Waals surface area contributed by atoms with Crippen molar-refractivity contribution in [2.45, 2.75) is 51.0 Å². The molecule has 5 heteroatoms. The normalized spacial score (nSPS) is 16.3. The summed E-state index contributed by atoms with van der Waals surface area (Å²) in [6.07, 6.45) is 4.02. The van der Waals surface area contributed by atoms with Crippen molar-refractivity contribution in [2.75, 3.05) is 7.11 Å². The smallest absolute Gasteiger partial charge is 0.272 e. The highest BCUT2D eigenvalue weighted by Crippen LogP contribution is 2.42. The molecule has 0 unspecified atom stereocenters. The van der Waals surface area contributed by atoms with Crippen LogP contribution in [-0.2, 0) is 5.54 Å². The summed E-state index contributed by atoms with van der Waals surface area (Å²) in [5, 5.41) is 10.4. The molecule has 0 radical (unpaired) electrons. The number of H-pyrrole nitrogens is 1. The van der Waals surface area contributed by atoms with E-state index in [2.05, 4.69) is 35.4 Å². The average molecular weight is 327 g/mol. The minimum atomic E-state index is -0.374. The van der Waals surface area contributed by atoms with Gasteiger partial charge in [-0.3, -0.25) is 9.89 Å². The quantitative estimate of drug-likeness (QED) is 0.879. The summed E-state index contributed by atoms with van der Waals surface area (Å²) < 4.78 is 5.53. The van der Waals surface area contributed by atoms with Gasteiger partial charge in [0.1, 0.15) is 11.4 Å². The van der Waals surface area contributed by atoms with Gasteiger partial charge in [-0.1, -0.05) is 44.9 Å². The number of hydrogen-bond donors (Lipinski definition) is 2. The van der Waals surface area contributed by atoms with Crippen LogP contribution in [0.3, 0.4) is 0 Å². The lowest BCUT2D eigenvalue weighted by atomic mass is 9.87. The third kappa shape index (κ3) is 3.03. The maximum Gasteiger partial charge on any atom is 0.272 e. The number of nitrogens with one attached hydrogen (secondary N) is 2. The maximum absolute atomic E-state index is 12.8. The minimum Gasteiger partial charge on any atom is -0.496 e. The van der Waals surface area contributed by atoms with Crippen LogP contribution in [0.15, 0.2) is 30.3 Å². The summed E-state index contributed by atoms with van der Waals surface area (Å²) >= 11 is 0. The van der Waals surface area contributed by atoms with Crippen molar-refractivity contribution < 1.29 is 9.53 Å². The van der Waals surface area contributed by atoms with Crippen LogP contribution >= 0.6 is 0 Å². The molecular formula is C19H25N3O2. The molecule has 1 aliphatic rings. The molecule has 1 aliphatic carbocycles. The lowest BCUT2D eigenvalue weighted by molar-refractivity contribution is 0.0891. The molecule has 5 nitrogen and oxygen atoms in total. The van der Waals surface area contributed by atoms with Crippen LogP contribution in [0, 0.1) is 0 Å². The Morgan fingerprint density at radius 3 is 2.62 bits per heavy atom. The second-order valence-electron chi connectivity index (χ2n) is 6.81. The number of nitrogens with zero attached hydrogens (tertiary/aromatic N) is 1. The minimum absolute atomic E-state index is 0.133. The van der Waals surface area contributed by atoms with Gasteiger partial charge in [0, 0.05) is 11.3 Å². The molecule has 0 bridgehead atoms. The molecule has 1 fully saturated rings. The zero-order valence-electron chi connectivity index (χ0n) is 14.6. The Labute approximate surface area is 142 Å². The Bertz CT molecular complexity index is 715. The maximum atomic E-state index is 12.8. The Morgan fingerprint density at radius 1 is 1.29 bits per heavy atom. The first-order valence-electron chi connectivity index (χ1n) is 8.57. The number of carbonyl (C=O) groups excluding carboxylic acids is 1. The number of carbonyl (C=O) groups is 1. The molecular weight excluding hydrogens is 302 g/mol. The van der Waals surface area contributed by atoms with E-state index < -0.39 is 0 Å². The summed E-state index contributed by atoms with van der Waals surface area (Å²) in [6.45, 7) is 4.14. The van der Waals surface area contributed by atoms with Crippen molar-refractivity contribution in [3.05, 3.63) is 47.3 Å². The number of amides is 1. The molecule has 0 atom stereocenters. The molecule has 0 spiro atoms. The summed E-state index contributed by atoms with van der Waals surface area (Å²) in [7, 11) is 1.67. The highest BCUT2D eigenvalue weighted by Gasteiger charge is 2.39. The van der Waals surface area contributed by atoms with Gasteiger partial charge in [0.15, 0.2) is 0 Å². The fourth-order valence-corrected chi connectivity index (χ4v) is 3.51. The first-order chi connectivity index (χ1) is 11.6. The van der Waals surface area contributed by atoms with Crippen molar-refractivity contribution in [3.8, 4) is 5.75 Å². The number of aromatic nitrogens is 2. The molecule has 2 N–H and O–H groups in total. The van der Waals surface area contributed by atoms with Crippen LogP contribution < -0.4 is 10.1 Å². The van der Waals surface area contributed by atoms with Gasteiger partial charge in [0.2, 0.25) is 0 Å². The Morgan fingerprint density at radius 2 is 2.00 bits per heavy atom. The SMILES string of the molecule is COc1ccccc1C1(NC(=O)c2cc(C(C)C)[nH]n2)CCCC1. The summed E-state index contributed by atoms with van der Waals surface area (Å²) in [6, 6.07) is 9.79. The fraction of sp³-hybridized carbons (Fsp3) is 0.474. The predicted molar refractivity (Wildman–Crippen MR) is 93.3 cm³/mol. The lowest BCUT2D eigenvalue weighted by Gasteiger charge is -2.32.